The second kappa shape index (κ2) is 7.65. The number of anilines is 1. The van der Waals surface area contributed by atoms with Gasteiger partial charge in [-0.2, -0.15) is 5.10 Å². The van der Waals surface area contributed by atoms with Crippen molar-refractivity contribution in [2.45, 2.75) is 27.0 Å². The fourth-order valence-corrected chi connectivity index (χ4v) is 3.19. The molecule has 1 aromatic carbocycles. The van der Waals surface area contributed by atoms with Gasteiger partial charge in [0, 0.05) is 18.2 Å². The van der Waals surface area contributed by atoms with Crippen molar-refractivity contribution in [2.24, 2.45) is 0 Å². The van der Waals surface area contributed by atoms with Crippen LogP contribution in [0.25, 0.3) is 0 Å². The van der Waals surface area contributed by atoms with Crippen LogP contribution >= 0.6 is 11.3 Å². The molecular weight excluding hydrogens is 360 g/mol. The van der Waals surface area contributed by atoms with Gasteiger partial charge in [-0.15, -0.1) is 11.3 Å². The van der Waals surface area contributed by atoms with Crippen molar-refractivity contribution in [2.75, 3.05) is 5.32 Å². The topological polar surface area (TPSA) is 56.2 Å². The summed E-state index contributed by atoms with van der Waals surface area (Å²) in [5, 5.41) is 8.78. The molecule has 1 amide bonds. The maximum Gasteiger partial charge on any atom is 0.265 e. The average molecular weight is 377 g/mol. The molecule has 136 valence electrons. The molecular formula is C18H17F2N3O2S. The third-order valence-corrected chi connectivity index (χ3v) is 4.79. The molecule has 2 heterocycles. The smallest absolute Gasteiger partial charge is 0.265 e. The number of carbonyl (C=O) groups excluding carboxylic acids is 1. The number of aryl methyl sites for hydroxylation is 1. The van der Waals surface area contributed by atoms with Gasteiger partial charge < -0.3 is 10.1 Å². The van der Waals surface area contributed by atoms with Crippen LogP contribution in [0, 0.1) is 18.6 Å². The van der Waals surface area contributed by atoms with Crippen LogP contribution in [-0.2, 0) is 13.2 Å². The molecule has 0 unspecified atom stereocenters. The lowest BCUT2D eigenvalue weighted by Crippen LogP contribution is -2.11. The first-order chi connectivity index (χ1) is 12.5. The summed E-state index contributed by atoms with van der Waals surface area (Å²) in [7, 11) is 0. The predicted molar refractivity (Wildman–Crippen MR) is 95.6 cm³/mol. The second-order valence-electron chi connectivity index (χ2n) is 5.60. The standard InChI is InChI=1S/C18H17F2N3O2S/c1-3-23-11(2)15(8-21-23)22-18(24)17-6-12(10-26-17)9-25-16-5-4-13(19)7-14(16)20/h4-8,10H,3,9H2,1-2H3,(H,22,24). The molecule has 26 heavy (non-hydrogen) atoms. The zero-order valence-electron chi connectivity index (χ0n) is 14.3. The van der Waals surface area contributed by atoms with Crippen molar-refractivity contribution >= 4 is 22.9 Å². The SMILES string of the molecule is CCn1ncc(NC(=O)c2cc(COc3ccc(F)cc3F)cs2)c1C. The Labute approximate surface area is 153 Å². The Morgan fingerprint density at radius 1 is 1.35 bits per heavy atom. The van der Waals surface area contributed by atoms with Crippen LogP contribution in [0.15, 0.2) is 35.8 Å². The molecule has 3 aromatic rings. The first-order valence-electron chi connectivity index (χ1n) is 7.97. The number of ether oxygens (including phenoxy) is 1. The van der Waals surface area contributed by atoms with Crippen molar-refractivity contribution in [3.05, 3.63) is 63.6 Å². The Hall–Kier alpha value is -2.74. The van der Waals surface area contributed by atoms with Gasteiger partial charge in [0.2, 0.25) is 0 Å². The number of aromatic nitrogens is 2. The third-order valence-electron chi connectivity index (χ3n) is 3.82. The van der Waals surface area contributed by atoms with Crippen molar-refractivity contribution in [3.8, 4) is 5.75 Å². The fraction of sp³-hybridized carbons (Fsp3) is 0.222. The molecule has 0 spiro atoms. The highest BCUT2D eigenvalue weighted by Crippen LogP contribution is 2.22. The number of thiophene rings is 1. The highest BCUT2D eigenvalue weighted by Gasteiger charge is 2.14. The van der Waals surface area contributed by atoms with Crippen molar-refractivity contribution in [1.82, 2.24) is 9.78 Å². The normalized spacial score (nSPS) is 10.8. The van der Waals surface area contributed by atoms with Gasteiger partial charge in [-0.05, 0) is 37.4 Å². The molecule has 0 atom stereocenters. The molecule has 0 saturated heterocycles. The molecule has 0 saturated carbocycles. The lowest BCUT2D eigenvalue weighted by molar-refractivity contribution is 0.103. The summed E-state index contributed by atoms with van der Waals surface area (Å²) in [6.07, 6.45) is 1.62. The minimum absolute atomic E-state index is 0.0359. The molecule has 8 heteroatoms. The summed E-state index contributed by atoms with van der Waals surface area (Å²) in [4.78, 5) is 12.9. The van der Waals surface area contributed by atoms with E-state index < -0.39 is 11.6 Å². The first-order valence-corrected chi connectivity index (χ1v) is 8.85. The number of hydrogen-bond acceptors (Lipinski definition) is 4. The van der Waals surface area contributed by atoms with Gasteiger partial charge in [0.1, 0.15) is 12.4 Å². The van der Waals surface area contributed by atoms with Gasteiger partial charge in [-0.25, -0.2) is 8.78 Å². The summed E-state index contributed by atoms with van der Waals surface area (Å²) in [5.74, 6) is -1.70. The quantitative estimate of drug-likeness (QED) is 0.693. The lowest BCUT2D eigenvalue weighted by Gasteiger charge is -2.06. The summed E-state index contributed by atoms with van der Waals surface area (Å²) >= 11 is 1.26. The molecule has 3 rings (SSSR count). The number of halogens is 2. The van der Waals surface area contributed by atoms with Crippen LogP contribution in [-0.4, -0.2) is 15.7 Å². The highest BCUT2D eigenvalue weighted by molar-refractivity contribution is 7.12. The Kier molecular flexibility index (Phi) is 5.32. The third kappa shape index (κ3) is 3.91. The predicted octanol–water partition coefficient (Wildman–Crippen LogP) is 4.38. The second-order valence-corrected chi connectivity index (χ2v) is 6.51. The van der Waals surface area contributed by atoms with Crippen LogP contribution in [0.5, 0.6) is 5.75 Å². The summed E-state index contributed by atoms with van der Waals surface area (Å²) in [5.41, 5.74) is 2.27. The van der Waals surface area contributed by atoms with Gasteiger partial charge >= 0.3 is 0 Å². The molecule has 0 aliphatic carbocycles. The monoisotopic (exact) mass is 377 g/mol. The molecule has 0 radical (unpaired) electrons. The van der Waals surface area contributed by atoms with Crippen LogP contribution in [0.2, 0.25) is 0 Å². The van der Waals surface area contributed by atoms with Crippen LogP contribution in [0.3, 0.4) is 0 Å². The van der Waals surface area contributed by atoms with E-state index in [1.807, 2.05) is 13.8 Å². The van der Waals surface area contributed by atoms with Gasteiger partial charge in [0.15, 0.2) is 11.6 Å². The van der Waals surface area contributed by atoms with Gasteiger partial charge in [0.25, 0.3) is 5.91 Å². The number of hydrogen-bond donors (Lipinski definition) is 1. The molecule has 0 fully saturated rings. The highest BCUT2D eigenvalue weighted by atomic mass is 32.1. The summed E-state index contributed by atoms with van der Waals surface area (Å²) < 4.78 is 33.6. The number of nitrogens with one attached hydrogen (secondary N) is 1. The summed E-state index contributed by atoms with van der Waals surface area (Å²) in [6, 6.07) is 4.81. The average Bonchev–Trinajstić information content (AvgIpc) is 3.22. The summed E-state index contributed by atoms with van der Waals surface area (Å²) in [6.45, 7) is 4.67. The Bertz CT molecular complexity index is 936. The maximum absolute atomic E-state index is 13.6. The van der Waals surface area contributed by atoms with Gasteiger partial charge in [0.05, 0.1) is 22.5 Å². The molecule has 1 N–H and O–H groups in total. The van der Waals surface area contributed by atoms with Gasteiger partial charge in [-0.1, -0.05) is 0 Å². The molecule has 0 aliphatic rings. The van der Waals surface area contributed by atoms with Crippen LogP contribution in [0.1, 0.15) is 27.9 Å². The molecule has 0 aliphatic heterocycles. The van der Waals surface area contributed by atoms with Crippen LogP contribution in [0.4, 0.5) is 14.5 Å². The molecule has 2 aromatic heterocycles. The van der Waals surface area contributed by atoms with E-state index in [9.17, 15) is 13.6 Å². The van der Waals surface area contributed by atoms with Crippen molar-refractivity contribution in [3.63, 3.8) is 0 Å². The molecule has 0 bridgehead atoms. The number of rotatable bonds is 6. The molecule has 5 nitrogen and oxygen atoms in total. The minimum Gasteiger partial charge on any atom is -0.486 e. The minimum atomic E-state index is -0.762. The van der Waals surface area contributed by atoms with E-state index in [4.69, 9.17) is 4.74 Å². The van der Waals surface area contributed by atoms with Crippen LogP contribution < -0.4 is 10.1 Å². The number of carbonyl (C=O) groups is 1. The van der Waals surface area contributed by atoms with E-state index >= 15 is 0 Å². The number of amides is 1. The van der Waals surface area contributed by atoms with E-state index in [1.165, 1.54) is 17.4 Å². The van der Waals surface area contributed by atoms with E-state index in [2.05, 4.69) is 10.4 Å². The number of nitrogens with zero attached hydrogens (tertiary/aromatic N) is 2. The van der Waals surface area contributed by atoms with E-state index in [0.717, 1.165) is 29.9 Å². The Morgan fingerprint density at radius 2 is 2.15 bits per heavy atom. The van der Waals surface area contributed by atoms with Crippen molar-refractivity contribution in [1.29, 1.82) is 0 Å². The van der Waals surface area contributed by atoms with E-state index in [0.29, 0.717) is 10.6 Å². The van der Waals surface area contributed by atoms with Gasteiger partial charge in [-0.3, -0.25) is 9.48 Å². The zero-order valence-corrected chi connectivity index (χ0v) is 15.1. The number of benzene rings is 1. The van der Waals surface area contributed by atoms with E-state index in [-0.39, 0.29) is 18.3 Å². The van der Waals surface area contributed by atoms with E-state index in [1.54, 1.807) is 22.3 Å². The van der Waals surface area contributed by atoms with Crippen molar-refractivity contribution < 1.29 is 18.3 Å². The largest absolute Gasteiger partial charge is 0.486 e. The Morgan fingerprint density at radius 3 is 2.85 bits per heavy atom. The zero-order chi connectivity index (χ0) is 18.7. The lowest BCUT2D eigenvalue weighted by atomic mass is 10.3. The first kappa shape index (κ1) is 18.1. The fourth-order valence-electron chi connectivity index (χ4n) is 2.40. The maximum atomic E-state index is 13.6. The Balaban J connectivity index is 1.63.